The molecular weight excluding hydrogens is 462 g/mol. The van der Waals surface area contributed by atoms with Gasteiger partial charge in [-0.25, -0.2) is 4.79 Å². The third-order valence-electron chi connectivity index (χ3n) is 5.16. The first-order valence-corrected chi connectivity index (χ1v) is 11.8. The minimum Gasteiger partial charge on any atom is -0.487 e. The van der Waals surface area contributed by atoms with Crippen molar-refractivity contribution in [3.63, 3.8) is 0 Å². The molecule has 0 saturated carbocycles. The Balaban J connectivity index is 1.38. The summed E-state index contributed by atoms with van der Waals surface area (Å²) in [6, 6.07) is 16.1. The number of fused-ring (bicyclic) bond motifs is 1. The smallest absolute Gasteiger partial charge is 0.343 e. The summed E-state index contributed by atoms with van der Waals surface area (Å²) in [7, 11) is 0. The molecule has 36 heavy (non-hydrogen) atoms. The fourth-order valence-electron chi connectivity index (χ4n) is 3.31. The predicted octanol–water partition coefficient (Wildman–Crippen LogP) is 4.29. The van der Waals surface area contributed by atoms with Gasteiger partial charge in [0, 0.05) is 12.4 Å². The second-order valence-electron chi connectivity index (χ2n) is 7.77. The molecule has 8 nitrogen and oxygen atoms in total. The average Bonchev–Trinajstić information content (AvgIpc) is 2.92. The molecule has 1 aliphatic heterocycles. The lowest BCUT2D eigenvalue weighted by molar-refractivity contribution is 0.00708. The van der Waals surface area contributed by atoms with Gasteiger partial charge in [0.2, 0.25) is 0 Å². The van der Waals surface area contributed by atoms with Crippen molar-refractivity contribution in [3.8, 4) is 17.2 Å². The van der Waals surface area contributed by atoms with Gasteiger partial charge in [0.25, 0.3) is 0 Å². The summed E-state index contributed by atoms with van der Waals surface area (Å²) in [6.45, 7) is 3.41. The lowest BCUT2D eigenvalue weighted by atomic mass is 10.1. The molecule has 0 unspecified atom stereocenters. The minimum atomic E-state index is -0.492. The van der Waals surface area contributed by atoms with E-state index in [1.807, 2.05) is 36.4 Å². The molecule has 1 aromatic heterocycles. The number of carbonyl (C=O) groups is 1. The maximum Gasteiger partial charge on any atom is 0.343 e. The van der Waals surface area contributed by atoms with Crippen LogP contribution in [-0.4, -0.2) is 63.8 Å². The van der Waals surface area contributed by atoms with Crippen LogP contribution in [0, 0.1) is 0 Å². The number of esters is 1. The van der Waals surface area contributed by atoms with Crippen LogP contribution in [0.5, 0.6) is 17.2 Å². The third kappa shape index (κ3) is 8.20. The van der Waals surface area contributed by atoms with Crippen molar-refractivity contribution in [2.75, 3.05) is 52.9 Å². The zero-order chi connectivity index (χ0) is 24.8. The van der Waals surface area contributed by atoms with Crippen molar-refractivity contribution < 1.29 is 33.2 Å². The third-order valence-corrected chi connectivity index (χ3v) is 5.16. The Hall–Kier alpha value is -3.72. The molecule has 188 valence electrons. The summed E-state index contributed by atoms with van der Waals surface area (Å²) in [4.78, 5) is 16.8. The Labute approximate surface area is 210 Å². The van der Waals surface area contributed by atoms with Gasteiger partial charge in [0.15, 0.2) is 11.5 Å². The van der Waals surface area contributed by atoms with Gasteiger partial charge in [-0.15, -0.1) is 0 Å². The van der Waals surface area contributed by atoms with Crippen LogP contribution < -0.4 is 14.2 Å². The summed E-state index contributed by atoms with van der Waals surface area (Å²) < 4.78 is 33.6. The van der Waals surface area contributed by atoms with Gasteiger partial charge in [0.1, 0.15) is 19.0 Å². The van der Waals surface area contributed by atoms with Crippen LogP contribution in [-0.2, 0) is 14.2 Å². The summed E-state index contributed by atoms with van der Waals surface area (Å²) >= 11 is 0. The first kappa shape index (κ1) is 25.4. The van der Waals surface area contributed by atoms with E-state index in [1.165, 1.54) is 0 Å². The van der Waals surface area contributed by atoms with Gasteiger partial charge in [-0.3, -0.25) is 4.98 Å². The largest absolute Gasteiger partial charge is 0.487 e. The number of carbonyl (C=O) groups excluding carboxylic acids is 1. The normalized spacial score (nSPS) is 15.6. The molecule has 0 amide bonds. The van der Waals surface area contributed by atoms with Gasteiger partial charge < -0.3 is 28.4 Å². The van der Waals surface area contributed by atoms with Crippen LogP contribution in [0.4, 0.5) is 0 Å². The molecule has 4 rings (SSSR count). The van der Waals surface area contributed by atoms with Crippen molar-refractivity contribution in [1.29, 1.82) is 0 Å². The molecule has 0 saturated heterocycles. The van der Waals surface area contributed by atoms with E-state index in [-0.39, 0.29) is 0 Å². The zero-order valence-corrected chi connectivity index (χ0v) is 20.0. The van der Waals surface area contributed by atoms with E-state index in [0.717, 1.165) is 11.1 Å². The number of hydrogen-bond acceptors (Lipinski definition) is 8. The molecule has 3 aromatic rings. The van der Waals surface area contributed by atoms with E-state index in [4.69, 9.17) is 28.4 Å². The van der Waals surface area contributed by atoms with Gasteiger partial charge in [-0.2, -0.15) is 0 Å². The molecule has 0 aliphatic carbocycles. The number of benzene rings is 2. The molecule has 0 radical (unpaired) electrons. The topological polar surface area (TPSA) is 85.3 Å². The first-order chi connectivity index (χ1) is 17.8. The van der Waals surface area contributed by atoms with Gasteiger partial charge in [-0.05, 0) is 53.6 Å². The highest BCUT2D eigenvalue weighted by molar-refractivity contribution is 5.92. The number of aromatic nitrogens is 1. The number of rotatable bonds is 4. The fourth-order valence-corrected chi connectivity index (χ4v) is 3.31. The van der Waals surface area contributed by atoms with Crippen LogP contribution >= 0.6 is 0 Å². The van der Waals surface area contributed by atoms with Gasteiger partial charge in [0.05, 0.1) is 45.2 Å². The Morgan fingerprint density at radius 3 is 1.86 bits per heavy atom. The molecule has 0 N–H and O–H groups in total. The SMILES string of the molecule is O=C(Oc1ccc(/C=C/c2ccncc2)cc1)c1ccc2c(c1)OCCOCCOCCOCCO2. The molecule has 0 atom stereocenters. The quantitative estimate of drug-likeness (QED) is 0.395. The van der Waals surface area contributed by atoms with E-state index in [0.29, 0.717) is 75.7 Å². The van der Waals surface area contributed by atoms with E-state index >= 15 is 0 Å². The second-order valence-corrected chi connectivity index (χ2v) is 7.77. The lowest BCUT2D eigenvalue weighted by Crippen LogP contribution is -2.13. The molecule has 2 aromatic carbocycles. The van der Waals surface area contributed by atoms with E-state index in [2.05, 4.69) is 4.98 Å². The maximum atomic E-state index is 12.8. The van der Waals surface area contributed by atoms with Crippen molar-refractivity contribution >= 4 is 18.1 Å². The number of nitrogens with zero attached hydrogens (tertiary/aromatic N) is 1. The summed E-state index contributed by atoms with van der Waals surface area (Å²) in [5.74, 6) is 0.915. The Kier molecular flexibility index (Phi) is 9.86. The van der Waals surface area contributed by atoms with Crippen LogP contribution in [0.1, 0.15) is 21.5 Å². The molecule has 8 heteroatoms. The van der Waals surface area contributed by atoms with Crippen LogP contribution in [0.25, 0.3) is 12.2 Å². The van der Waals surface area contributed by atoms with Crippen molar-refractivity contribution in [3.05, 3.63) is 83.7 Å². The van der Waals surface area contributed by atoms with Gasteiger partial charge >= 0.3 is 5.97 Å². The molecular formula is C28H29NO7. The fraction of sp³-hybridized carbons (Fsp3) is 0.286. The number of pyridine rings is 1. The highest BCUT2D eigenvalue weighted by Gasteiger charge is 2.14. The average molecular weight is 492 g/mol. The summed E-state index contributed by atoms with van der Waals surface area (Å²) in [6.07, 6.45) is 7.47. The standard InChI is InChI=1S/C28H29NO7/c30-28(36-25-6-3-22(4-7-25)1-2-23-9-11-29-12-10-23)24-5-8-26-27(21-24)35-20-18-33-16-14-31-13-15-32-17-19-34-26/h1-12,21H,13-20H2/b2-1+. The van der Waals surface area contributed by atoms with Crippen molar-refractivity contribution in [1.82, 2.24) is 4.98 Å². The molecule has 0 fully saturated rings. The van der Waals surface area contributed by atoms with E-state index < -0.39 is 5.97 Å². The summed E-state index contributed by atoms with van der Waals surface area (Å²) in [5, 5.41) is 0. The van der Waals surface area contributed by atoms with Crippen molar-refractivity contribution in [2.24, 2.45) is 0 Å². The minimum absolute atomic E-state index is 0.305. The highest BCUT2D eigenvalue weighted by Crippen LogP contribution is 2.29. The van der Waals surface area contributed by atoms with E-state index in [9.17, 15) is 4.79 Å². The van der Waals surface area contributed by atoms with Crippen LogP contribution in [0.2, 0.25) is 0 Å². The van der Waals surface area contributed by atoms with Gasteiger partial charge in [-0.1, -0.05) is 24.3 Å². The monoisotopic (exact) mass is 491 g/mol. The highest BCUT2D eigenvalue weighted by atomic mass is 16.6. The Bertz CT molecular complexity index is 1120. The van der Waals surface area contributed by atoms with Crippen LogP contribution in [0.3, 0.4) is 0 Å². The lowest BCUT2D eigenvalue weighted by Gasteiger charge is -2.14. The Morgan fingerprint density at radius 2 is 1.22 bits per heavy atom. The van der Waals surface area contributed by atoms with Crippen LogP contribution in [0.15, 0.2) is 67.0 Å². The zero-order valence-electron chi connectivity index (χ0n) is 20.0. The second kappa shape index (κ2) is 14.0. The Morgan fingerprint density at radius 1 is 0.667 bits per heavy atom. The molecule has 1 aliphatic rings. The number of hydrogen-bond donors (Lipinski definition) is 0. The number of ether oxygens (including phenoxy) is 6. The maximum absolute atomic E-state index is 12.8. The molecule has 2 heterocycles. The first-order valence-electron chi connectivity index (χ1n) is 11.8. The molecule has 0 spiro atoms. The molecule has 0 bridgehead atoms. The van der Waals surface area contributed by atoms with Crippen molar-refractivity contribution in [2.45, 2.75) is 0 Å². The summed E-state index contributed by atoms with van der Waals surface area (Å²) in [5.41, 5.74) is 2.39. The predicted molar refractivity (Wildman–Crippen MR) is 134 cm³/mol. The van der Waals surface area contributed by atoms with E-state index in [1.54, 1.807) is 42.7 Å².